The summed E-state index contributed by atoms with van der Waals surface area (Å²) in [6.45, 7) is -0.357. The van der Waals surface area contributed by atoms with Gasteiger partial charge in [0.25, 0.3) is 5.91 Å². The highest BCUT2D eigenvalue weighted by Gasteiger charge is 2.07. The van der Waals surface area contributed by atoms with E-state index in [1.165, 1.54) is 17.5 Å². The quantitative estimate of drug-likeness (QED) is 0.846. The molecule has 0 bridgehead atoms. The number of anilines is 1. The summed E-state index contributed by atoms with van der Waals surface area (Å²) in [5.74, 6) is 5.41. The number of halogens is 1. The molecule has 7 heteroatoms. The van der Waals surface area contributed by atoms with Crippen LogP contribution in [0.3, 0.4) is 0 Å². The topological polar surface area (TPSA) is 71.5 Å². The Hall–Kier alpha value is -2.07. The maximum absolute atomic E-state index is 11.7. The third-order valence-corrected chi connectivity index (χ3v) is 3.27. The summed E-state index contributed by atoms with van der Waals surface area (Å²) >= 11 is 7.04. The van der Waals surface area contributed by atoms with Gasteiger partial charge < -0.3 is 9.84 Å². The van der Waals surface area contributed by atoms with Gasteiger partial charge in [-0.1, -0.05) is 40.8 Å². The Morgan fingerprint density at radius 2 is 2.38 bits per heavy atom. The number of aliphatic hydroxyl groups excluding tert-OH is 1. The van der Waals surface area contributed by atoms with Gasteiger partial charge in [0.2, 0.25) is 0 Å². The molecular weight excluding hydrogens is 312 g/mol. The molecule has 1 aromatic carbocycles. The zero-order valence-electron chi connectivity index (χ0n) is 10.8. The lowest BCUT2D eigenvalue weighted by Crippen LogP contribution is -2.19. The van der Waals surface area contributed by atoms with Gasteiger partial charge in [-0.05, 0) is 18.2 Å². The van der Waals surface area contributed by atoms with E-state index in [1.807, 2.05) is 0 Å². The fraction of sp³-hybridized carbons (Fsp3) is 0.143. The summed E-state index contributed by atoms with van der Waals surface area (Å²) in [4.78, 5) is 16.4. The molecule has 0 aliphatic heterocycles. The number of rotatable bonds is 4. The Bertz CT molecular complexity index is 691. The number of amides is 1. The van der Waals surface area contributed by atoms with Crippen molar-refractivity contribution in [1.29, 1.82) is 0 Å². The van der Waals surface area contributed by atoms with Crippen LogP contribution in [-0.2, 0) is 4.79 Å². The number of benzene rings is 1. The molecule has 1 heterocycles. The van der Waals surface area contributed by atoms with Crippen molar-refractivity contribution in [3.8, 4) is 17.6 Å². The fourth-order valence-electron chi connectivity index (χ4n) is 1.38. The predicted octanol–water partition coefficient (Wildman–Crippen LogP) is 2.16. The lowest BCUT2D eigenvalue weighted by atomic mass is 10.3. The maximum atomic E-state index is 11.7. The molecule has 2 rings (SSSR count). The number of hydrogen-bond donors (Lipinski definition) is 2. The Morgan fingerprint density at radius 3 is 3.14 bits per heavy atom. The standard InChI is InChI=1S/C14H11ClN2O3S/c15-10-3-1-4-11(7-10)20-9-13(19)17-14-16-8-12(21-14)5-2-6-18/h1,3-4,7-8,18H,6,9H2,(H,16,17,19). The molecule has 0 aliphatic carbocycles. The second-order valence-corrected chi connectivity index (χ2v) is 5.25. The summed E-state index contributed by atoms with van der Waals surface area (Å²) in [5.41, 5.74) is 0. The number of nitrogens with zero attached hydrogens (tertiary/aromatic N) is 1. The summed E-state index contributed by atoms with van der Waals surface area (Å²) in [5, 5.41) is 12.2. The van der Waals surface area contributed by atoms with Crippen molar-refractivity contribution in [1.82, 2.24) is 4.98 Å². The number of hydrogen-bond acceptors (Lipinski definition) is 5. The van der Waals surface area contributed by atoms with Crippen LogP contribution >= 0.6 is 22.9 Å². The average molecular weight is 323 g/mol. The van der Waals surface area contributed by atoms with Crippen LogP contribution in [0.5, 0.6) is 5.75 Å². The van der Waals surface area contributed by atoms with E-state index in [9.17, 15) is 4.79 Å². The SMILES string of the molecule is O=C(COc1cccc(Cl)c1)Nc1ncc(C#CCO)s1. The number of carbonyl (C=O) groups is 1. The highest BCUT2D eigenvalue weighted by Crippen LogP contribution is 2.18. The Morgan fingerprint density at radius 1 is 1.52 bits per heavy atom. The molecule has 0 radical (unpaired) electrons. The lowest BCUT2D eigenvalue weighted by Gasteiger charge is -2.05. The minimum atomic E-state index is -0.328. The Kier molecular flexibility index (Phi) is 5.58. The van der Waals surface area contributed by atoms with Crippen molar-refractivity contribution in [3.63, 3.8) is 0 Å². The van der Waals surface area contributed by atoms with Crippen molar-refractivity contribution in [3.05, 3.63) is 40.4 Å². The Balaban J connectivity index is 1.85. The van der Waals surface area contributed by atoms with Crippen LogP contribution in [-0.4, -0.2) is 29.2 Å². The van der Waals surface area contributed by atoms with Gasteiger partial charge in [0.05, 0.1) is 11.1 Å². The highest BCUT2D eigenvalue weighted by atomic mass is 35.5. The van der Waals surface area contributed by atoms with E-state index in [0.717, 1.165) is 0 Å². The van der Waals surface area contributed by atoms with Crippen LogP contribution in [0.25, 0.3) is 0 Å². The van der Waals surface area contributed by atoms with Gasteiger partial charge in [0.15, 0.2) is 11.7 Å². The second kappa shape index (κ2) is 7.64. The highest BCUT2D eigenvalue weighted by molar-refractivity contribution is 7.16. The number of aromatic nitrogens is 1. The van der Waals surface area contributed by atoms with Crippen molar-refractivity contribution < 1.29 is 14.6 Å². The molecule has 0 aliphatic rings. The van der Waals surface area contributed by atoms with Crippen LogP contribution < -0.4 is 10.1 Å². The normalized spacial score (nSPS) is 9.62. The Labute approximate surface area is 130 Å². The first-order valence-corrected chi connectivity index (χ1v) is 7.10. The minimum Gasteiger partial charge on any atom is -0.484 e. The number of ether oxygens (including phenoxy) is 1. The molecule has 0 unspecified atom stereocenters. The maximum Gasteiger partial charge on any atom is 0.264 e. The van der Waals surface area contributed by atoms with Crippen LogP contribution in [0, 0.1) is 11.8 Å². The average Bonchev–Trinajstić information content (AvgIpc) is 2.90. The molecule has 0 atom stereocenters. The molecule has 0 saturated carbocycles. The number of nitrogens with one attached hydrogen (secondary N) is 1. The van der Waals surface area contributed by atoms with E-state index in [1.54, 1.807) is 24.3 Å². The van der Waals surface area contributed by atoms with E-state index in [2.05, 4.69) is 22.1 Å². The van der Waals surface area contributed by atoms with Gasteiger partial charge in [0, 0.05) is 5.02 Å². The molecule has 108 valence electrons. The van der Waals surface area contributed by atoms with Gasteiger partial charge in [0.1, 0.15) is 12.4 Å². The van der Waals surface area contributed by atoms with Gasteiger partial charge in [-0.15, -0.1) is 0 Å². The molecule has 5 nitrogen and oxygen atoms in total. The predicted molar refractivity (Wildman–Crippen MR) is 81.7 cm³/mol. The van der Waals surface area contributed by atoms with Gasteiger partial charge >= 0.3 is 0 Å². The molecular formula is C14H11ClN2O3S. The van der Waals surface area contributed by atoms with E-state index >= 15 is 0 Å². The smallest absolute Gasteiger partial charge is 0.264 e. The number of thiazole rings is 1. The van der Waals surface area contributed by atoms with Gasteiger partial charge in [-0.3, -0.25) is 10.1 Å². The fourth-order valence-corrected chi connectivity index (χ4v) is 2.26. The lowest BCUT2D eigenvalue weighted by molar-refractivity contribution is -0.118. The molecule has 0 fully saturated rings. The number of carbonyl (C=O) groups excluding carboxylic acids is 1. The van der Waals surface area contributed by atoms with Crippen molar-refractivity contribution in [2.45, 2.75) is 0 Å². The summed E-state index contributed by atoms with van der Waals surface area (Å²) < 4.78 is 5.31. The third-order valence-electron chi connectivity index (χ3n) is 2.21. The molecule has 2 N–H and O–H groups in total. The van der Waals surface area contributed by atoms with E-state index < -0.39 is 0 Å². The summed E-state index contributed by atoms with van der Waals surface area (Å²) in [6.07, 6.45) is 1.53. The third kappa shape index (κ3) is 5.08. The molecule has 21 heavy (non-hydrogen) atoms. The molecule has 0 spiro atoms. The van der Waals surface area contributed by atoms with Crippen LogP contribution in [0.15, 0.2) is 30.5 Å². The van der Waals surface area contributed by atoms with Crippen molar-refractivity contribution in [2.24, 2.45) is 0 Å². The van der Waals surface area contributed by atoms with E-state index in [4.69, 9.17) is 21.4 Å². The second-order valence-electron chi connectivity index (χ2n) is 3.78. The molecule has 0 saturated heterocycles. The largest absolute Gasteiger partial charge is 0.484 e. The zero-order valence-corrected chi connectivity index (χ0v) is 12.4. The summed E-state index contributed by atoms with van der Waals surface area (Å²) in [6, 6.07) is 6.80. The first kappa shape index (κ1) is 15.3. The molecule has 2 aromatic rings. The molecule has 1 aromatic heterocycles. The van der Waals surface area contributed by atoms with Crippen LogP contribution in [0.2, 0.25) is 5.02 Å². The molecule has 1 amide bonds. The first-order valence-electron chi connectivity index (χ1n) is 5.91. The first-order chi connectivity index (χ1) is 10.2. The van der Waals surface area contributed by atoms with Crippen molar-refractivity contribution in [2.75, 3.05) is 18.5 Å². The van der Waals surface area contributed by atoms with Gasteiger partial charge in [-0.25, -0.2) is 4.98 Å². The van der Waals surface area contributed by atoms with E-state index in [-0.39, 0.29) is 19.1 Å². The van der Waals surface area contributed by atoms with Crippen LogP contribution in [0.4, 0.5) is 5.13 Å². The number of aliphatic hydroxyl groups is 1. The minimum absolute atomic E-state index is 0.141. The van der Waals surface area contributed by atoms with Gasteiger partial charge in [-0.2, -0.15) is 0 Å². The zero-order chi connectivity index (χ0) is 15.1. The monoisotopic (exact) mass is 322 g/mol. The summed E-state index contributed by atoms with van der Waals surface area (Å²) in [7, 11) is 0. The van der Waals surface area contributed by atoms with Crippen molar-refractivity contribution >= 4 is 34.0 Å². The van der Waals surface area contributed by atoms with E-state index in [0.29, 0.717) is 20.8 Å². The van der Waals surface area contributed by atoms with Crippen LogP contribution in [0.1, 0.15) is 4.88 Å².